The monoisotopic (exact) mass is 300 g/mol. The molecule has 88 valence electrons. The molecule has 0 atom stereocenters. The normalized spacial score (nSPS) is 10.7. The van der Waals surface area contributed by atoms with Gasteiger partial charge in [0.05, 0.1) is 4.47 Å². The summed E-state index contributed by atoms with van der Waals surface area (Å²) in [5.74, 6) is 0.947. The fourth-order valence-electron chi connectivity index (χ4n) is 1.79. The molecule has 2 heterocycles. The molecule has 0 aliphatic carbocycles. The standard InChI is InChI=1S/C13H9BrN4/c14-10-7-17-13(18-12(10)15)11-9-4-2-1-3-8(9)5-6-16-11/h1-7H,(H2,15,17,18). The van der Waals surface area contributed by atoms with Crippen molar-refractivity contribution in [3.05, 3.63) is 47.2 Å². The molecule has 0 fully saturated rings. The molecule has 0 spiro atoms. The summed E-state index contributed by atoms with van der Waals surface area (Å²) < 4.78 is 0.687. The third-order valence-electron chi connectivity index (χ3n) is 2.66. The van der Waals surface area contributed by atoms with Crippen LogP contribution in [0.15, 0.2) is 47.2 Å². The maximum atomic E-state index is 5.78. The summed E-state index contributed by atoms with van der Waals surface area (Å²) in [6.45, 7) is 0. The van der Waals surface area contributed by atoms with E-state index in [1.165, 1.54) is 0 Å². The van der Waals surface area contributed by atoms with Crippen LogP contribution in [0.5, 0.6) is 0 Å². The molecule has 0 saturated heterocycles. The first-order chi connectivity index (χ1) is 8.75. The minimum Gasteiger partial charge on any atom is -0.383 e. The molecule has 18 heavy (non-hydrogen) atoms. The summed E-state index contributed by atoms with van der Waals surface area (Å²) >= 11 is 3.28. The first kappa shape index (κ1) is 11.1. The highest BCUT2D eigenvalue weighted by atomic mass is 79.9. The Hall–Kier alpha value is -2.01. The van der Waals surface area contributed by atoms with E-state index in [1.807, 2.05) is 30.3 Å². The molecule has 3 rings (SSSR count). The van der Waals surface area contributed by atoms with Gasteiger partial charge in [-0.3, -0.25) is 4.98 Å². The number of benzene rings is 1. The molecule has 0 bridgehead atoms. The van der Waals surface area contributed by atoms with Crippen LogP contribution in [0.1, 0.15) is 0 Å². The summed E-state index contributed by atoms with van der Waals surface area (Å²) in [5, 5.41) is 2.12. The summed E-state index contributed by atoms with van der Waals surface area (Å²) in [5.41, 5.74) is 6.52. The third-order valence-corrected chi connectivity index (χ3v) is 3.27. The lowest BCUT2D eigenvalue weighted by Gasteiger charge is -2.05. The van der Waals surface area contributed by atoms with Crippen LogP contribution in [0.2, 0.25) is 0 Å². The van der Waals surface area contributed by atoms with Gasteiger partial charge in [-0.1, -0.05) is 24.3 Å². The summed E-state index contributed by atoms with van der Waals surface area (Å²) in [4.78, 5) is 12.9. The number of hydrogen-bond donors (Lipinski definition) is 1. The largest absolute Gasteiger partial charge is 0.383 e. The fourth-order valence-corrected chi connectivity index (χ4v) is 1.98. The van der Waals surface area contributed by atoms with E-state index in [1.54, 1.807) is 12.4 Å². The van der Waals surface area contributed by atoms with E-state index in [0.717, 1.165) is 16.5 Å². The lowest BCUT2D eigenvalue weighted by Crippen LogP contribution is -1.98. The van der Waals surface area contributed by atoms with Gasteiger partial charge in [0.1, 0.15) is 11.5 Å². The van der Waals surface area contributed by atoms with E-state index in [2.05, 4.69) is 30.9 Å². The van der Waals surface area contributed by atoms with E-state index >= 15 is 0 Å². The summed E-state index contributed by atoms with van der Waals surface area (Å²) in [6, 6.07) is 9.95. The predicted molar refractivity (Wildman–Crippen MR) is 74.9 cm³/mol. The van der Waals surface area contributed by atoms with Crippen molar-refractivity contribution in [2.75, 3.05) is 5.73 Å². The van der Waals surface area contributed by atoms with Crippen LogP contribution in [0.3, 0.4) is 0 Å². The molecule has 5 heteroatoms. The van der Waals surface area contributed by atoms with Gasteiger partial charge in [0, 0.05) is 17.8 Å². The highest BCUT2D eigenvalue weighted by molar-refractivity contribution is 9.10. The Bertz CT molecular complexity index is 722. The van der Waals surface area contributed by atoms with Gasteiger partial charge in [-0.05, 0) is 27.4 Å². The maximum Gasteiger partial charge on any atom is 0.180 e. The number of hydrogen-bond acceptors (Lipinski definition) is 4. The van der Waals surface area contributed by atoms with Crippen molar-refractivity contribution < 1.29 is 0 Å². The first-order valence-electron chi connectivity index (χ1n) is 5.38. The minimum atomic E-state index is 0.412. The zero-order chi connectivity index (χ0) is 12.5. The van der Waals surface area contributed by atoms with Crippen molar-refractivity contribution in [1.29, 1.82) is 0 Å². The molecule has 2 aromatic heterocycles. The van der Waals surface area contributed by atoms with E-state index in [4.69, 9.17) is 5.73 Å². The Balaban J connectivity index is 2.28. The van der Waals surface area contributed by atoms with Crippen molar-refractivity contribution >= 4 is 32.5 Å². The van der Waals surface area contributed by atoms with Gasteiger partial charge in [0.25, 0.3) is 0 Å². The number of nitrogens with two attached hydrogens (primary N) is 1. The van der Waals surface area contributed by atoms with Crippen LogP contribution in [-0.4, -0.2) is 15.0 Å². The molecule has 0 saturated carbocycles. The highest BCUT2D eigenvalue weighted by Crippen LogP contribution is 2.25. The number of halogens is 1. The Labute approximate surface area is 112 Å². The fraction of sp³-hybridized carbons (Fsp3) is 0. The first-order valence-corrected chi connectivity index (χ1v) is 6.17. The molecule has 0 aliphatic heterocycles. The Morgan fingerprint density at radius 1 is 1.06 bits per heavy atom. The second-order valence-corrected chi connectivity index (χ2v) is 4.66. The molecular formula is C13H9BrN4. The molecule has 1 aromatic carbocycles. The number of rotatable bonds is 1. The van der Waals surface area contributed by atoms with Crippen LogP contribution in [0.4, 0.5) is 5.82 Å². The van der Waals surface area contributed by atoms with Gasteiger partial charge in [-0.2, -0.15) is 0 Å². The van der Waals surface area contributed by atoms with Crippen LogP contribution in [-0.2, 0) is 0 Å². The van der Waals surface area contributed by atoms with Crippen molar-refractivity contribution in [3.8, 4) is 11.5 Å². The Kier molecular flexibility index (Phi) is 2.68. The molecule has 0 aliphatic rings. The van der Waals surface area contributed by atoms with Gasteiger partial charge in [0.2, 0.25) is 0 Å². The summed E-state index contributed by atoms with van der Waals surface area (Å²) in [7, 11) is 0. The smallest absolute Gasteiger partial charge is 0.180 e. The molecule has 4 nitrogen and oxygen atoms in total. The molecule has 3 aromatic rings. The lowest BCUT2D eigenvalue weighted by atomic mass is 10.1. The van der Waals surface area contributed by atoms with E-state index < -0.39 is 0 Å². The number of anilines is 1. The Morgan fingerprint density at radius 3 is 2.72 bits per heavy atom. The lowest BCUT2D eigenvalue weighted by molar-refractivity contribution is 1.14. The van der Waals surface area contributed by atoms with Gasteiger partial charge in [-0.25, -0.2) is 9.97 Å². The molecule has 0 amide bonds. The van der Waals surface area contributed by atoms with E-state index in [0.29, 0.717) is 16.1 Å². The van der Waals surface area contributed by atoms with Crippen molar-refractivity contribution in [1.82, 2.24) is 15.0 Å². The van der Waals surface area contributed by atoms with Crippen molar-refractivity contribution in [3.63, 3.8) is 0 Å². The number of nitrogens with zero attached hydrogens (tertiary/aromatic N) is 3. The second-order valence-electron chi connectivity index (χ2n) is 3.81. The number of pyridine rings is 1. The average Bonchev–Trinajstić information content (AvgIpc) is 2.41. The zero-order valence-electron chi connectivity index (χ0n) is 9.34. The van der Waals surface area contributed by atoms with E-state index in [-0.39, 0.29) is 0 Å². The topological polar surface area (TPSA) is 64.7 Å². The average molecular weight is 301 g/mol. The summed E-state index contributed by atoms with van der Waals surface area (Å²) in [6.07, 6.45) is 3.39. The van der Waals surface area contributed by atoms with Crippen LogP contribution >= 0.6 is 15.9 Å². The number of fused-ring (bicyclic) bond motifs is 1. The maximum absolute atomic E-state index is 5.78. The van der Waals surface area contributed by atoms with Crippen LogP contribution in [0, 0.1) is 0 Å². The Morgan fingerprint density at radius 2 is 1.89 bits per heavy atom. The van der Waals surface area contributed by atoms with Gasteiger partial charge in [-0.15, -0.1) is 0 Å². The number of aromatic nitrogens is 3. The van der Waals surface area contributed by atoms with Gasteiger partial charge < -0.3 is 5.73 Å². The minimum absolute atomic E-state index is 0.412. The third kappa shape index (κ3) is 1.82. The van der Waals surface area contributed by atoms with Crippen molar-refractivity contribution in [2.45, 2.75) is 0 Å². The van der Waals surface area contributed by atoms with Crippen molar-refractivity contribution in [2.24, 2.45) is 0 Å². The quantitative estimate of drug-likeness (QED) is 0.750. The SMILES string of the molecule is Nc1nc(-c2nccc3ccccc23)ncc1Br. The number of nitrogen functional groups attached to an aromatic ring is 1. The zero-order valence-corrected chi connectivity index (χ0v) is 10.9. The molecule has 0 radical (unpaired) electrons. The molecule has 0 unspecified atom stereocenters. The van der Waals surface area contributed by atoms with Gasteiger partial charge in [0.15, 0.2) is 5.82 Å². The van der Waals surface area contributed by atoms with E-state index in [9.17, 15) is 0 Å². The highest BCUT2D eigenvalue weighted by Gasteiger charge is 2.09. The second kappa shape index (κ2) is 4.34. The van der Waals surface area contributed by atoms with Crippen LogP contribution in [0.25, 0.3) is 22.3 Å². The van der Waals surface area contributed by atoms with Gasteiger partial charge >= 0.3 is 0 Å². The predicted octanol–water partition coefficient (Wildman–Crippen LogP) is 3.04. The molecule has 2 N–H and O–H groups in total. The molecular weight excluding hydrogens is 292 g/mol. The van der Waals surface area contributed by atoms with Crippen LogP contribution < -0.4 is 5.73 Å².